The maximum Gasteiger partial charge on any atom is 0.321 e. The second-order valence-electron chi connectivity index (χ2n) is 6.23. The molecule has 0 spiro atoms. The van der Waals surface area contributed by atoms with Crippen molar-refractivity contribution in [2.24, 2.45) is 5.92 Å². The molecule has 3 amide bonds. The second kappa shape index (κ2) is 10.0. The average molecular weight is 379 g/mol. The quantitative estimate of drug-likeness (QED) is 0.513. The number of rotatable bonds is 9. The van der Waals surface area contributed by atoms with Gasteiger partial charge in [0.05, 0.1) is 12.0 Å². The summed E-state index contributed by atoms with van der Waals surface area (Å²) in [5.74, 6) is 1.34. The Kier molecular flexibility index (Phi) is 7.71. The van der Waals surface area contributed by atoms with E-state index in [0.717, 1.165) is 12.8 Å². The average Bonchev–Trinajstić information content (AvgIpc) is 3.22. The summed E-state index contributed by atoms with van der Waals surface area (Å²) in [4.78, 5) is 23.6. The summed E-state index contributed by atoms with van der Waals surface area (Å²) in [6.07, 6.45) is 3.44. The molecule has 0 unspecified atom stereocenters. The molecule has 9 heteroatoms. The first kappa shape index (κ1) is 20.0. The summed E-state index contributed by atoms with van der Waals surface area (Å²) in [6, 6.07) is 3.15. The molecule has 0 fully saturated rings. The Hall–Kier alpha value is -2.29. The van der Waals surface area contributed by atoms with Crippen molar-refractivity contribution < 1.29 is 14.0 Å². The highest BCUT2D eigenvalue weighted by Crippen LogP contribution is 2.25. The number of nitrogens with one attached hydrogen (secondary N) is 2. The van der Waals surface area contributed by atoms with E-state index in [0.29, 0.717) is 35.7 Å². The molecule has 26 heavy (non-hydrogen) atoms. The van der Waals surface area contributed by atoms with Gasteiger partial charge in [0.2, 0.25) is 5.91 Å². The molecule has 142 valence electrons. The van der Waals surface area contributed by atoms with Crippen molar-refractivity contribution in [2.45, 2.75) is 45.3 Å². The zero-order valence-corrected chi connectivity index (χ0v) is 16.1. The van der Waals surface area contributed by atoms with Crippen LogP contribution in [0.3, 0.4) is 0 Å². The van der Waals surface area contributed by atoms with Crippen molar-refractivity contribution in [1.82, 2.24) is 25.4 Å². The second-order valence-corrected chi connectivity index (χ2v) is 7.18. The Morgan fingerprint density at radius 1 is 1.35 bits per heavy atom. The van der Waals surface area contributed by atoms with Crippen LogP contribution in [0.15, 0.2) is 28.0 Å². The van der Waals surface area contributed by atoms with Crippen molar-refractivity contribution in [3.63, 3.8) is 0 Å². The SMILES string of the molecule is CCCCNC(=O)NC(=O)CSc1nnc(-c2ccco2)n1CC(C)C. The molecule has 2 rings (SSSR count). The van der Waals surface area contributed by atoms with Gasteiger partial charge in [-0.25, -0.2) is 4.79 Å². The van der Waals surface area contributed by atoms with Gasteiger partial charge in [-0.2, -0.15) is 0 Å². The van der Waals surface area contributed by atoms with Gasteiger partial charge in [-0.3, -0.25) is 14.7 Å². The Balaban J connectivity index is 1.96. The van der Waals surface area contributed by atoms with Crippen LogP contribution in [0, 0.1) is 5.92 Å². The lowest BCUT2D eigenvalue weighted by Gasteiger charge is -2.11. The van der Waals surface area contributed by atoms with Gasteiger partial charge in [-0.1, -0.05) is 39.0 Å². The van der Waals surface area contributed by atoms with Gasteiger partial charge in [0, 0.05) is 13.1 Å². The van der Waals surface area contributed by atoms with Crippen LogP contribution in [-0.2, 0) is 11.3 Å². The summed E-state index contributed by atoms with van der Waals surface area (Å²) >= 11 is 1.24. The van der Waals surface area contributed by atoms with Gasteiger partial charge in [-0.15, -0.1) is 10.2 Å². The van der Waals surface area contributed by atoms with Crippen molar-refractivity contribution in [2.75, 3.05) is 12.3 Å². The van der Waals surface area contributed by atoms with Crippen LogP contribution in [0.2, 0.25) is 0 Å². The molecule has 2 heterocycles. The van der Waals surface area contributed by atoms with Crippen molar-refractivity contribution in [3.8, 4) is 11.6 Å². The lowest BCUT2D eigenvalue weighted by Crippen LogP contribution is -2.40. The topological polar surface area (TPSA) is 102 Å². The Morgan fingerprint density at radius 2 is 2.15 bits per heavy atom. The number of unbranched alkanes of at least 4 members (excludes halogenated alkanes) is 1. The maximum absolute atomic E-state index is 12.0. The number of amides is 3. The number of hydrogen-bond acceptors (Lipinski definition) is 6. The van der Waals surface area contributed by atoms with E-state index in [1.165, 1.54) is 11.8 Å². The number of aromatic nitrogens is 3. The highest BCUT2D eigenvalue weighted by atomic mass is 32.2. The molecular formula is C17H25N5O3S. The molecule has 2 aromatic heterocycles. The minimum Gasteiger partial charge on any atom is -0.461 e. The number of thioether (sulfide) groups is 1. The Morgan fingerprint density at radius 3 is 2.81 bits per heavy atom. The predicted molar refractivity (Wildman–Crippen MR) is 99.7 cm³/mol. The standard InChI is InChI=1S/C17H25N5O3S/c1-4-5-8-18-16(24)19-14(23)11-26-17-21-20-15(13-7-6-9-25-13)22(17)10-12(2)3/h6-7,9,12H,4-5,8,10-11H2,1-3H3,(H2,18,19,23,24). The third-order valence-electron chi connectivity index (χ3n) is 3.41. The molecule has 8 nitrogen and oxygen atoms in total. The molecule has 0 atom stereocenters. The highest BCUT2D eigenvalue weighted by Gasteiger charge is 2.18. The van der Waals surface area contributed by atoms with E-state index in [4.69, 9.17) is 4.42 Å². The first-order chi connectivity index (χ1) is 12.5. The van der Waals surface area contributed by atoms with Crippen LogP contribution in [0.4, 0.5) is 4.79 Å². The zero-order chi connectivity index (χ0) is 18.9. The van der Waals surface area contributed by atoms with Gasteiger partial charge in [-0.05, 0) is 24.5 Å². The molecule has 2 N–H and O–H groups in total. The van der Waals surface area contributed by atoms with Crippen molar-refractivity contribution in [1.29, 1.82) is 0 Å². The Labute approximate surface area is 157 Å². The fourth-order valence-corrected chi connectivity index (χ4v) is 2.98. The molecule has 0 bridgehead atoms. The van der Waals surface area contributed by atoms with E-state index >= 15 is 0 Å². The van der Waals surface area contributed by atoms with E-state index < -0.39 is 6.03 Å². The number of imide groups is 1. The van der Waals surface area contributed by atoms with E-state index in [1.54, 1.807) is 12.3 Å². The molecule has 0 saturated heterocycles. The van der Waals surface area contributed by atoms with Gasteiger partial charge < -0.3 is 9.73 Å². The highest BCUT2D eigenvalue weighted by molar-refractivity contribution is 7.99. The summed E-state index contributed by atoms with van der Waals surface area (Å²) in [5.41, 5.74) is 0. The third-order valence-corrected chi connectivity index (χ3v) is 4.37. The monoisotopic (exact) mass is 379 g/mol. The van der Waals surface area contributed by atoms with Crippen molar-refractivity contribution >= 4 is 23.7 Å². The maximum atomic E-state index is 12.0. The van der Waals surface area contributed by atoms with Gasteiger partial charge in [0.15, 0.2) is 16.7 Å². The minimum atomic E-state index is -0.469. The van der Waals surface area contributed by atoms with Crippen LogP contribution in [0.1, 0.15) is 33.6 Å². The number of furan rings is 1. The largest absolute Gasteiger partial charge is 0.461 e. The van der Waals surface area contributed by atoms with Crippen LogP contribution in [0.25, 0.3) is 11.6 Å². The summed E-state index contributed by atoms with van der Waals surface area (Å²) in [5, 5.41) is 13.9. The number of nitrogens with zero attached hydrogens (tertiary/aromatic N) is 3. The lowest BCUT2D eigenvalue weighted by atomic mass is 10.2. The van der Waals surface area contributed by atoms with Gasteiger partial charge in [0.25, 0.3) is 0 Å². The van der Waals surface area contributed by atoms with Crippen molar-refractivity contribution in [3.05, 3.63) is 18.4 Å². The van der Waals surface area contributed by atoms with E-state index in [9.17, 15) is 9.59 Å². The molecule has 0 aliphatic carbocycles. The molecule has 0 radical (unpaired) electrons. The third kappa shape index (κ3) is 5.91. The number of hydrogen-bond donors (Lipinski definition) is 2. The molecule has 2 aromatic rings. The van der Waals surface area contributed by atoms with Gasteiger partial charge in [0.1, 0.15) is 0 Å². The lowest BCUT2D eigenvalue weighted by molar-refractivity contribution is -0.117. The van der Waals surface area contributed by atoms with E-state index in [-0.39, 0.29) is 11.7 Å². The first-order valence-corrected chi connectivity index (χ1v) is 9.67. The summed E-state index contributed by atoms with van der Waals surface area (Å²) in [7, 11) is 0. The first-order valence-electron chi connectivity index (χ1n) is 8.68. The number of carbonyl (C=O) groups is 2. The Bertz CT molecular complexity index is 712. The van der Waals surface area contributed by atoms with E-state index in [2.05, 4.69) is 34.7 Å². The fraction of sp³-hybridized carbons (Fsp3) is 0.529. The zero-order valence-electron chi connectivity index (χ0n) is 15.3. The molecule has 0 aromatic carbocycles. The molecular weight excluding hydrogens is 354 g/mol. The fourth-order valence-electron chi connectivity index (χ4n) is 2.23. The summed E-state index contributed by atoms with van der Waals surface area (Å²) in [6.45, 7) is 7.47. The van der Waals surface area contributed by atoms with E-state index in [1.807, 2.05) is 17.6 Å². The molecule has 0 aliphatic rings. The minimum absolute atomic E-state index is 0.0789. The smallest absolute Gasteiger partial charge is 0.321 e. The number of urea groups is 1. The summed E-state index contributed by atoms with van der Waals surface area (Å²) < 4.78 is 7.35. The molecule has 0 saturated carbocycles. The van der Waals surface area contributed by atoms with Crippen LogP contribution in [0.5, 0.6) is 0 Å². The molecule has 0 aliphatic heterocycles. The van der Waals surface area contributed by atoms with Crippen LogP contribution < -0.4 is 10.6 Å². The van der Waals surface area contributed by atoms with Crippen LogP contribution >= 0.6 is 11.8 Å². The van der Waals surface area contributed by atoms with Crippen LogP contribution in [-0.4, -0.2) is 39.0 Å². The predicted octanol–water partition coefficient (Wildman–Crippen LogP) is 2.91. The number of carbonyl (C=O) groups excluding carboxylic acids is 2. The van der Waals surface area contributed by atoms with Gasteiger partial charge >= 0.3 is 6.03 Å². The normalized spacial score (nSPS) is 10.9.